The van der Waals surface area contributed by atoms with Crippen molar-refractivity contribution in [1.82, 2.24) is 10.3 Å². The fourth-order valence-electron chi connectivity index (χ4n) is 4.39. The van der Waals surface area contributed by atoms with Gasteiger partial charge in [-0.25, -0.2) is 13.8 Å². The SMILES string of the molecule is N#Cc1ccc(COc2nc(C3(C(=O)O)CC34CCNCC4)ccc2F)c(F)c1. The van der Waals surface area contributed by atoms with Gasteiger partial charge in [0.05, 0.1) is 17.3 Å². The van der Waals surface area contributed by atoms with E-state index in [4.69, 9.17) is 10.00 Å². The quantitative estimate of drug-likeness (QED) is 0.803. The fraction of sp³-hybridized carbons (Fsp3) is 0.381. The number of pyridine rings is 1. The van der Waals surface area contributed by atoms with Gasteiger partial charge in [-0.2, -0.15) is 5.26 Å². The summed E-state index contributed by atoms with van der Waals surface area (Å²) in [4.78, 5) is 16.3. The number of benzene rings is 1. The average molecular weight is 399 g/mol. The number of rotatable bonds is 5. The van der Waals surface area contributed by atoms with Gasteiger partial charge in [0.15, 0.2) is 5.82 Å². The molecular weight excluding hydrogens is 380 g/mol. The molecule has 2 fully saturated rings. The number of aliphatic carboxylic acids is 1. The molecule has 2 heterocycles. The number of nitriles is 1. The van der Waals surface area contributed by atoms with Gasteiger partial charge in [-0.15, -0.1) is 0 Å². The Hall–Kier alpha value is -3.05. The molecule has 2 aromatic rings. The van der Waals surface area contributed by atoms with Gasteiger partial charge in [-0.3, -0.25) is 4.79 Å². The van der Waals surface area contributed by atoms with Crippen LogP contribution in [-0.2, 0) is 16.8 Å². The first-order valence-corrected chi connectivity index (χ1v) is 9.34. The normalized spacial score (nSPS) is 22.1. The van der Waals surface area contributed by atoms with Gasteiger partial charge >= 0.3 is 5.97 Å². The van der Waals surface area contributed by atoms with E-state index in [2.05, 4.69) is 10.3 Å². The Morgan fingerprint density at radius 3 is 2.66 bits per heavy atom. The third-order valence-electron chi connectivity index (χ3n) is 6.11. The van der Waals surface area contributed by atoms with Gasteiger partial charge in [0.25, 0.3) is 5.88 Å². The van der Waals surface area contributed by atoms with Crippen LogP contribution in [0.3, 0.4) is 0 Å². The lowest BCUT2D eigenvalue weighted by molar-refractivity contribution is -0.141. The number of carboxylic acid groups (broad SMARTS) is 1. The molecule has 150 valence electrons. The molecule has 6 nitrogen and oxygen atoms in total. The summed E-state index contributed by atoms with van der Waals surface area (Å²) in [6, 6.07) is 8.27. The van der Waals surface area contributed by atoms with Gasteiger partial charge in [-0.1, -0.05) is 6.07 Å². The van der Waals surface area contributed by atoms with Crippen LogP contribution in [0.25, 0.3) is 0 Å². The van der Waals surface area contributed by atoms with Gasteiger partial charge < -0.3 is 15.2 Å². The molecule has 1 saturated heterocycles. The zero-order valence-electron chi connectivity index (χ0n) is 15.5. The maximum atomic E-state index is 14.3. The number of nitrogens with one attached hydrogen (secondary N) is 1. The Morgan fingerprint density at radius 1 is 1.24 bits per heavy atom. The number of piperidine rings is 1. The smallest absolute Gasteiger partial charge is 0.316 e. The fourth-order valence-corrected chi connectivity index (χ4v) is 4.39. The van der Waals surface area contributed by atoms with Crippen molar-refractivity contribution in [2.45, 2.75) is 31.3 Å². The minimum Gasteiger partial charge on any atom is -0.481 e. The first-order chi connectivity index (χ1) is 13.9. The molecule has 1 aliphatic heterocycles. The third kappa shape index (κ3) is 3.12. The van der Waals surface area contributed by atoms with Gasteiger partial charge in [0, 0.05) is 5.56 Å². The molecule has 4 rings (SSSR count). The molecule has 0 radical (unpaired) electrons. The van der Waals surface area contributed by atoms with Crippen molar-refractivity contribution < 1.29 is 23.4 Å². The molecule has 1 aromatic carbocycles. The summed E-state index contributed by atoms with van der Waals surface area (Å²) in [6.07, 6.45) is 1.88. The molecule has 1 saturated carbocycles. The Balaban J connectivity index is 1.60. The maximum absolute atomic E-state index is 14.3. The van der Waals surface area contributed by atoms with Crippen LogP contribution in [0.5, 0.6) is 5.88 Å². The van der Waals surface area contributed by atoms with Crippen molar-refractivity contribution in [3.63, 3.8) is 0 Å². The highest BCUT2D eigenvalue weighted by Gasteiger charge is 2.73. The molecule has 29 heavy (non-hydrogen) atoms. The van der Waals surface area contributed by atoms with Crippen molar-refractivity contribution >= 4 is 5.97 Å². The number of carbonyl (C=O) groups is 1. The lowest BCUT2D eigenvalue weighted by Crippen LogP contribution is -2.37. The number of aromatic nitrogens is 1. The molecule has 1 aliphatic carbocycles. The molecule has 1 atom stereocenters. The van der Waals surface area contributed by atoms with E-state index < -0.39 is 23.0 Å². The first-order valence-electron chi connectivity index (χ1n) is 9.34. The van der Waals surface area contributed by atoms with E-state index in [-0.39, 0.29) is 34.7 Å². The Morgan fingerprint density at radius 2 is 2.00 bits per heavy atom. The predicted octanol–water partition coefficient (Wildman–Crippen LogP) is 2.91. The summed E-state index contributed by atoms with van der Waals surface area (Å²) in [5.74, 6) is -2.72. The van der Waals surface area contributed by atoms with Crippen LogP contribution < -0.4 is 10.1 Å². The molecule has 0 bridgehead atoms. The second kappa shape index (κ2) is 7.08. The van der Waals surface area contributed by atoms with Gasteiger partial charge in [-0.05, 0) is 62.0 Å². The zero-order chi connectivity index (χ0) is 20.6. The van der Waals surface area contributed by atoms with Crippen LogP contribution >= 0.6 is 0 Å². The lowest BCUT2D eigenvalue weighted by atomic mass is 9.82. The average Bonchev–Trinajstić information content (AvgIpc) is 3.36. The Bertz CT molecular complexity index is 1010. The second-order valence-electron chi connectivity index (χ2n) is 7.61. The Labute approximate surface area is 166 Å². The highest BCUT2D eigenvalue weighted by Crippen LogP contribution is 2.69. The molecular formula is C21H19F2N3O3. The predicted molar refractivity (Wildman–Crippen MR) is 98.1 cm³/mol. The summed E-state index contributed by atoms with van der Waals surface area (Å²) in [5.41, 5.74) is -0.957. The number of halogens is 2. The van der Waals surface area contributed by atoms with Crippen molar-refractivity contribution in [1.29, 1.82) is 5.26 Å². The van der Waals surface area contributed by atoms with Gasteiger partial charge in [0.2, 0.25) is 0 Å². The second-order valence-corrected chi connectivity index (χ2v) is 7.61. The third-order valence-corrected chi connectivity index (χ3v) is 6.11. The van der Waals surface area contributed by atoms with Crippen LogP contribution in [0.15, 0.2) is 30.3 Å². The summed E-state index contributed by atoms with van der Waals surface area (Å²) in [6.45, 7) is 1.18. The first kappa shape index (κ1) is 19.3. The number of hydrogen-bond donors (Lipinski definition) is 2. The van der Waals surface area contributed by atoms with E-state index in [0.29, 0.717) is 19.3 Å². The molecule has 2 N–H and O–H groups in total. The van der Waals surface area contributed by atoms with E-state index in [1.807, 2.05) is 6.07 Å². The number of nitrogens with zero attached hydrogens (tertiary/aromatic N) is 2. The van der Waals surface area contributed by atoms with Crippen LogP contribution in [0.1, 0.15) is 36.1 Å². The number of carboxylic acids is 1. The van der Waals surface area contributed by atoms with Gasteiger partial charge in [0.1, 0.15) is 17.8 Å². The number of hydrogen-bond acceptors (Lipinski definition) is 5. The molecule has 0 amide bonds. The van der Waals surface area contributed by atoms with E-state index in [0.717, 1.165) is 25.2 Å². The van der Waals surface area contributed by atoms with Crippen LogP contribution in [-0.4, -0.2) is 29.1 Å². The summed E-state index contributed by atoms with van der Waals surface area (Å²) in [7, 11) is 0. The standard InChI is InChI=1S/C21H19F2N3O3/c22-15-3-4-17(21(19(27)28)12-20(21)5-7-25-8-6-20)26-18(15)29-11-14-2-1-13(10-24)9-16(14)23/h1-4,9,25H,5-8,11-12H2,(H,27,28). The molecule has 1 unspecified atom stereocenters. The highest BCUT2D eigenvalue weighted by atomic mass is 19.1. The molecule has 1 aromatic heterocycles. The lowest BCUT2D eigenvalue weighted by Gasteiger charge is -2.27. The summed E-state index contributed by atoms with van der Waals surface area (Å²) in [5, 5.41) is 22.0. The Kier molecular flexibility index (Phi) is 4.71. The molecule has 2 aliphatic rings. The van der Waals surface area contributed by atoms with E-state index in [9.17, 15) is 18.7 Å². The molecule has 8 heteroatoms. The maximum Gasteiger partial charge on any atom is 0.316 e. The van der Waals surface area contributed by atoms with Crippen molar-refractivity contribution in [3.05, 3.63) is 58.8 Å². The highest BCUT2D eigenvalue weighted by molar-refractivity contribution is 5.86. The van der Waals surface area contributed by atoms with E-state index >= 15 is 0 Å². The van der Waals surface area contributed by atoms with Crippen molar-refractivity contribution in [2.24, 2.45) is 5.41 Å². The van der Waals surface area contributed by atoms with E-state index in [1.54, 1.807) is 0 Å². The molecule has 1 spiro atoms. The number of ether oxygens (including phenoxy) is 1. The van der Waals surface area contributed by atoms with Crippen LogP contribution in [0.4, 0.5) is 8.78 Å². The van der Waals surface area contributed by atoms with Crippen LogP contribution in [0.2, 0.25) is 0 Å². The summed E-state index contributed by atoms with van der Waals surface area (Å²) < 4.78 is 33.7. The monoisotopic (exact) mass is 399 g/mol. The van der Waals surface area contributed by atoms with Crippen LogP contribution in [0, 0.1) is 28.4 Å². The van der Waals surface area contributed by atoms with Crippen molar-refractivity contribution in [3.8, 4) is 11.9 Å². The minimum atomic E-state index is -1.15. The van der Waals surface area contributed by atoms with E-state index in [1.165, 1.54) is 18.2 Å². The zero-order valence-corrected chi connectivity index (χ0v) is 15.5. The summed E-state index contributed by atoms with van der Waals surface area (Å²) >= 11 is 0. The topological polar surface area (TPSA) is 95.2 Å². The van der Waals surface area contributed by atoms with Crippen molar-refractivity contribution in [2.75, 3.05) is 13.1 Å². The largest absolute Gasteiger partial charge is 0.481 e. The minimum absolute atomic E-state index is 0.143.